The Kier molecular flexibility index (Phi) is 3.63. The maximum Gasteiger partial charge on any atom is 0.319 e. The summed E-state index contributed by atoms with van der Waals surface area (Å²) in [5.74, 6) is -2.11. The molecule has 1 N–H and O–H groups in total. The Labute approximate surface area is 88.9 Å². The molecule has 0 radical (unpaired) electrons. The molecular weight excluding hydrogens is 196 g/mol. The lowest BCUT2D eigenvalue weighted by molar-refractivity contribution is -0.155. The third-order valence-electron chi connectivity index (χ3n) is 2.69. The molecule has 15 heavy (non-hydrogen) atoms. The highest BCUT2D eigenvalue weighted by Crippen LogP contribution is 2.32. The fourth-order valence-electron chi connectivity index (χ4n) is 1.79. The third-order valence-corrected chi connectivity index (χ3v) is 2.69. The van der Waals surface area contributed by atoms with Gasteiger partial charge in [-0.2, -0.15) is 0 Å². The summed E-state index contributed by atoms with van der Waals surface area (Å²) < 4.78 is 4.52. The molecule has 0 saturated carbocycles. The molecule has 0 aromatic carbocycles. The molecule has 4 nitrogen and oxygen atoms in total. The van der Waals surface area contributed by atoms with Gasteiger partial charge in [0.15, 0.2) is 11.7 Å². The molecule has 2 atom stereocenters. The molecule has 0 amide bonds. The van der Waals surface area contributed by atoms with Crippen LogP contribution in [0, 0.1) is 5.92 Å². The number of ketones is 1. The number of methoxy groups -OCH3 is 1. The lowest BCUT2D eigenvalue weighted by Gasteiger charge is -2.26. The van der Waals surface area contributed by atoms with Crippen molar-refractivity contribution in [1.82, 2.24) is 0 Å². The van der Waals surface area contributed by atoms with E-state index in [0.717, 1.165) is 12.8 Å². The van der Waals surface area contributed by atoms with Crippen molar-refractivity contribution in [2.24, 2.45) is 5.92 Å². The molecule has 0 spiro atoms. The number of carbonyl (C=O) groups excluding carboxylic acids is 2. The molecule has 0 unspecified atom stereocenters. The first-order valence-corrected chi connectivity index (χ1v) is 5.08. The molecule has 1 rings (SSSR count). The van der Waals surface area contributed by atoms with Gasteiger partial charge in [0.2, 0.25) is 0 Å². The second-order valence-electron chi connectivity index (χ2n) is 3.79. The average Bonchev–Trinajstić information content (AvgIpc) is 2.52. The molecule has 84 valence electrons. The minimum atomic E-state index is -1.35. The Morgan fingerprint density at radius 3 is 2.87 bits per heavy atom. The highest BCUT2D eigenvalue weighted by Gasteiger charge is 2.47. The number of esters is 1. The van der Waals surface area contributed by atoms with Gasteiger partial charge in [0.05, 0.1) is 7.11 Å². The second kappa shape index (κ2) is 4.57. The van der Waals surface area contributed by atoms with Crippen molar-refractivity contribution < 1.29 is 19.4 Å². The van der Waals surface area contributed by atoms with E-state index >= 15 is 0 Å². The smallest absolute Gasteiger partial charge is 0.319 e. The number of ether oxygens (including phenoxy) is 1. The standard InChI is InChI=1S/C11H16O4/c1-3-4-6-11(14)7-5-8(12)9(11)10(13)15-2/h5,7,9,14H,3-4,6H2,1-2H3/t9-,11-/m0/s1. The molecule has 0 bridgehead atoms. The van der Waals surface area contributed by atoms with Crippen LogP contribution in [0.4, 0.5) is 0 Å². The molecule has 1 aliphatic rings. The van der Waals surface area contributed by atoms with Gasteiger partial charge in [-0.25, -0.2) is 0 Å². The zero-order valence-corrected chi connectivity index (χ0v) is 9.03. The van der Waals surface area contributed by atoms with E-state index in [4.69, 9.17) is 0 Å². The average molecular weight is 212 g/mol. The van der Waals surface area contributed by atoms with Crippen molar-refractivity contribution in [1.29, 1.82) is 0 Å². The fraction of sp³-hybridized carbons (Fsp3) is 0.636. The van der Waals surface area contributed by atoms with Gasteiger partial charge in [-0.05, 0) is 18.6 Å². The van der Waals surface area contributed by atoms with Crippen LogP contribution in [0.1, 0.15) is 26.2 Å². The van der Waals surface area contributed by atoms with Gasteiger partial charge >= 0.3 is 5.97 Å². The SMILES string of the molecule is CCCC[C@]1(O)C=CC(=O)[C@H]1C(=O)OC. The van der Waals surface area contributed by atoms with Gasteiger partial charge in [0.25, 0.3) is 0 Å². The maximum absolute atomic E-state index is 11.4. The first kappa shape index (κ1) is 11.9. The lowest BCUT2D eigenvalue weighted by atomic mass is 9.85. The van der Waals surface area contributed by atoms with E-state index in [2.05, 4.69) is 4.74 Å². The zero-order valence-electron chi connectivity index (χ0n) is 9.03. The Morgan fingerprint density at radius 1 is 1.67 bits per heavy atom. The highest BCUT2D eigenvalue weighted by molar-refractivity contribution is 6.08. The topological polar surface area (TPSA) is 63.6 Å². The predicted molar refractivity (Wildman–Crippen MR) is 54.1 cm³/mol. The van der Waals surface area contributed by atoms with Gasteiger partial charge in [0, 0.05) is 0 Å². The number of unbranched alkanes of at least 4 members (excludes halogenated alkanes) is 1. The third kappa shape index (κ3) is 2.26. The predicted octanol–water partition coefficient (Wildman–Crippen LogP) is 0.836. The monoisotopic (exact) mass is 212 g/mol. The zero-order chi connectivity index (χ0) is 11.5. The van der Waals surface area contributed by atoms with Crippen molar-refractivity contribution >= 4 is 11.8 Å². The van der Waals surface area contributed by atoms with E-state index in [-0.39, 0.29) is 5.78 Å². The molecule has 0 aliphatic heterocycles. The number of hydrogen-bond donors (Lipinski definition) is 1. The molecule has 0 aromatic rings. The Bertz CT molecular complexity index is 295. The molecule has 0 heterocycles. The van der Waals surface area contributed by atoms with Crippen LogP contribution >= 0.6 is 0 Å². The Hall–Kier alpha value is -1.16. The van der Waals surface area contributed by atoms with Gasteiger partial charge in [-0.15, -0.1) is 0 Å². The number of aliphatic hydroxyl groups is 1. The van der Waals surface area contributed by atoms with Gasteiger partial charge in [0.1, 0.15) is 5.60 Å². The van der Waals surface area contributed by atoms with Crippen molar-refractivity contribution in [3.63, 3.8) is 0 Å². The lowest BCUT2D eigenvalue weighted by Crippen LogP contribution is -2.41. The van der Waals surface area contributed by atoms with E-state index in [1.54, 1.807) is 0 Å². The van der Waals surface area contributed by atoms with Crippen molar-refractivity contribution in [2.45, 2.75) is 31.8 Å². The molecule has 0 aromatic heterocycles. The van der Waals surface area contributed by atoms with E-state index in [1.165, 1.54) is 19.3 Å². The first-order chi connectivity index (χ1) is 7.05. The number of carbonyl (C=O) groups is 2. The van der Waals surface area contributed by atoms with Crippen LogP contribution in [0.3, 0.4) is 0 Å². The van der Waals surface area contributed by atoms with E-state index in [0.29, 0.717) is 6.42 Å². The van der Waals surface area contributed by atoms with Gasteiger partial charge in [-0.1, -0.05) is 19.8 Å². The van der Waals surface area contributed by atoms with Crippen LogP contribution in [0.15, 0.2) is 12.2 Å². The Morgan fingerprint density at radius 2 is 2.33 bits per heavy atom. The van der Waals surface area contributed by atoms with E-state index in [9.17, 15) is 14.7 Å². The summed E-state index contributed by atoms with van der Waals surface area (Å²) in [6, 6.07) is 0. The van der Waals surface area contributed by atoms with Gasteiger partial charge in [-0.3, -0.25) is 9.59 Å². The maximum atomic E-state index is 11.4. The normalized spacial score (nSPS) is 29.5. The van der Waals surface area contributed by atoms with Crippen LogP contribution in [0.5, 0.6) is 0 Å². The molecule has 0 saturated heterocycles. The van der Waals surface area contributed by atoms with Crippen LogP contribution in [0.25, 0.3) is 0 Å². The number of allylic oxidation sites excluding steroid dienone is 1. The Balaban J connectivity index is 2.82. The first-order valence-electron chi connectivity index (χ1n) is 5.08. The molecule has 4 heteroatoms. The van der Waals surface area contributed by atoms with Crippen molar-refractivity contribution in [3.05, 3.63) is 12.2 Å². The largest absolute Gasteiger partial charge is 0.468 e. The summed E-state index contributed by atoms with van der Waals surface area (Å²) in [6.07, 6.45) is 4.75. The van der Waals surface area contributed by atoms with Crippen LogP contribution in [-0.4, -0.2) is 29.6 Å². The summed E-state index contributed by atoms with van der Waals surface area (Å²) in [5, 5.41) is 10.1. The summed E-state index contributed by atoms with van der Waals surface area (Å²) in [4.78, 5) is 22.8. The van der Waals surface area contributed by atoms with E-state index in [1.807, 2.05) is 6.92 Å². The molecule has 1 aliphatic carbocycles. The minimum Gasteiger partial charge on any atom is -0.468 e. The summed E-state index contributed by atoms with van der Waals surface area (Å²) in [5.41, 5.74) is -1.35. The fourth-order valence-corrected chi connectivity index (χ4v) is 1.79. The summed E-state index contributed by atoms with van der Waals surface area (Å²) in [7, 11) is 1.22. The molecule has 0 fully saturated rings. The van der Waals surface area contributed by atoms with Crippen molar-refractivity contribution in [2.75, 3.05) is 7.11 Å². The van der Waals surface area contributed by atoms with Crippen molar-refractivity contribution in [3.8, 4) is 0 Å². The van der Waals surface area contributed by atoms with Crippen LogP contribution in [-0.2, 0) is 14.3 Å². The van der Waals surface area contributed by atoms with Gasteiger partial charge < -0.3 is 9.84 Å². The highest BCUT2D eigenvalue weighted by atomic mass is 16.5. The van der Waals surface area contributed by atoms with Crippen LogP contribution in [0.2, 0.25) is 0 Å². The second-order valence-corrected chi connectivity index (χ2v) is 3.79. The number of rotatable bonds is 4. The van der Waals surface area contributed by atoms with Crippen LogP contribution < -0.4 is 0 Å². The van der Waals surface area contributed by atoms with E-state index < -0.39 is 17.5 Å². The number of hydrogen-bond acceptors (Lipinski definition) is 4. The summed E-state index contributed by atoms with van der Waals surface area (Å²) in [6.45, 7) is 1.98. The quantitative estimate of drug-likeness (QED) is 0.554. The minimum absolute atomic E-state index is 0.375. The summed E-state index contributed by atoms with van der Waals surface area (Å²) >= 11 is 0. The molecular formula is C11H16O4.